The molecule has 0 atom stereocenters. The summed E-state index contributed by atoms with van der Waals surface area (Å²) in [5, 5.41) is 8.81. The zero-order valence-electron chi connectivity index (χ0n) is 11.0. The first-order chi connectivity index (χ1) is 9.30. The number of unbranched alkanes of at least 4 members (excludes halogenated alkanes) is 1. The number of rotatable bonds is 7. The average molecular weight is 301 g/mol. The molecular weight excluding hydrogens is 285 g/mol. The zero-order valence-corrected chi connectivity index (χ0v) is 11.9. The summed E-state index contributed by atoms with van der Waals surface area (Å²) in [6.45, 7) is 3.82. The zero-order chi connectivity index (χ0) is 15.3. The molecular formula is C13H16FNO4S. The summed E-state index contributed by atoms with van der Waals surface area (Å²) in [4.78, 5) is 10.6. The van der Waals surface area contributed by atoms with Gasteiger partial charge in [0.05, 0.1) is 10.5 Å². The van der Waals surface area contributed by atoms with Gasteiger partial charge in [0.25, 0.3) is 0 Å². The number of carboxylic acids is 1. The van der Waals surface area contributed by atoms with E-state index in [9.17, 15) is 17.6 Å². The van der Waals surface area contributed by atoms with E-state index in [0.717, 1.165) is 22.5 Å². The first kappa shape index (κ1) is 16.3. The molecule has 0 saturated heterocycles. The number of allylic oxidation sites excluding steroid dienone is 1. The quantitative estimate of drug-likeness (QED) is 0.618. The van der Waals surface area contributed by atoms with Gasteiger partial charge in [-0.1, -0.05) is 6.08 Å². The van der Waals surface area contributed by atoms with Gasteiger partial charge in [-0.3, -0.25) is 0 Å². The largest absolute Gasteiger partial charge is 0.478 e. The van der Waals surface area contributed by atoms with Crippen molar-refractivity contribution >= 4 is 16.0 Å². The first-order valence-electron chi connectivity index (χ1n) is 5.90. The fraction of sp³-hybridized carbons (Fsp3) is 0.308. The van der Waals surface area contributed by atoms with E-state index in [1.165, 1.54) is 7.05 Å². The van der Waals surface area contributed by atoms with Crippen LogP contribution in [0.1, 0.15) is 23.2 Å². The monoisotopic (exact) mass is 301 g/mol. The van der Waals surface area contributed by atoms with Crippen molar-refractivity contribution in [2.24, 2.45) is 0 Å². The highest BCUT2D eigenvalue weighted by Crippen LogP contribution is 2.18. The SMILES string of the molecule is C=CCCCN(C)S(=O)(=O)c1ccc(F)c(C(=O)O)c1. The highest BCUT2D eigenvalue weighted by molar-refractivity contribution is 7.89. The molecule has 1 aromatic carbocycles. The normalized spacial score (nSPS) is 11.6. The van der Waals surface area contributed by atoms with Gasteiger partial charge in [0.15, 0.2) is 0 Å². The van der Waals surface area contributed by atoms with Crippen molar-refractivity contribution < 1.29 is 22.7 Å². The molecule has 0 unspecified atom stereocenters. The number of hydrogen-bond donors (Lipinski definition) is 1. The number of halogens is 1. The molecule has 0 aromatic heterocycles. The number of hydrogen-bond acceptors (Lipinski definition) is 3. The summed E-state index contributed by atoms with van der Waals surface area (Å²) >= 11 is 0. The molecule has 0 amide bonds. The maximum Gasteiger partial charge on any atom is 0.338 e. The summed E-state index contributed by atoms with van der Waals surface area (Å²) in [7, 11) is -2.43. The van der Waals surface area contributed by atoms with E-state index in [-0.39, 0.29) is 11.4 Å². The van der Waals surface area contributed by atoms with Crippen molar-refractivity contribution in [2.75, 3.05) is 13.6 Å². The average Bonchev–Trinajstić information content (AvgIpc) is 2.38. The third-order valence-electron chi connectivity index (χ3n) is 2.76. The first-order valence-corrected chi connectivity index (χ1v) is 7.34. The van der Waals surface area contributed by atoms with E-state index >= 15 is 0 Å². The fourth-order valence-electron chi connectivity index (χ4n) is 1.59. The second-order valence-corrected chi connectivity index (χ2v) is 6.25. The van der Waals surface area contributed by atoms with Crippen LogP contribution in [0.25, 0.3) is 0 Å². The van der Waals surface area contributed by atoms with Gasteiger partial charge < -0.3 is 5.11 Å². The summed E-state index contributed by atoms with van der Waals surface area (Å²) < 4.78 is 38.8. The summed E-state index contributed by atoms with van der Waals surface area (Å²) in [6.07, 6.45) is 2.96. The van der Waals surface area contributed by atoms with Gasteiger partial charge in [0.2, 0.25) is 10.0 Å². The maximum atomic E-state index is 13.3. The Kier molecular flexibility index (Phi) is 5.41. The van der Waals surface area contributed by atoms with Crippen molar-refractivity contribution in [3.8, 4) is 0 Å². The van der Waals surface area contributed by atoms with Gasteiger partial charge >= 0.3 is 5.97 Å². The van der Waals surface area contributed by atoms with E-state index in [0.29, 0.717) is 12.8 Å². The maximum absolute atomic E-state index is 13.3. The van der Waals surface area contributed by atoms with Crippen LogP contribution in [0.4, 0.5) is 4.39 Å². The summed E-state index contributed by atoms with van der Waals surface area (Å²) in [6, 6.07) is 2.73. The molecule has 110 valence electrons. The minimum atomic E-state index is -3.82. The van der Waals surface area contributed by atoms with E-state index in [4.69, 9.17) is 5.11 Å². The number of benzene rings is 1. The minimum absolute atomic E-state index is 0.239. The fourth-order valence-corrected chi connectivity index (χ4v) is 2.82. The lowest BCUT2D eigenvalue weighted by molar-refractivity contribution is 0.0691. The van der Waals surface area contributed by atoms with Crippen molar-refractivity contribution in [1.82, 2.24) is 4.31 Å². The van der Waals surface area contributed by atoms with Crippen LogP contribution in [-0.4, -0.2) is 37.4 Å². The smallest absolute Gasteiger partial charge is 0.338 e. The Bertz CT molecular complexity index is 613. The van der Waals surface area contributed by atoms with Gasteiger partial charge in [0, 0.05) is 13.6 Å². The highest BCUT2D eigenvalue weighted by Gasteiger charge is 2.23. The number of carboxylic acid groups (broad SMARTS) is 1. The van der Waals surface area contributed by atoms with Gasteiger partial charge in [-0.25, -0.2) is 21.9 Å². The van der Waals surface area contributed by atoms with Crippen LogP contribution in [0.2, 0.25) is 0 Å². The van der Waals surface area contributed by atoms with Crippen LogP contribution >= 0.6 is 0 Å². The molecule has 0 fully saturated rings. The Morgan fingerprint density at radius 3 is 2.70 bits per heavy atom. The van der Waals surface area contributed by atoms with Crippen LogP contribution in [0.5, 0.6) is 0 Å². The van der Waals surface area contributed by atoms with Crippen molar-refractivity contribution in [3.05, 3.63) is 42.2 Å². The molecule has 0 radical (unpaired) electrons. The number of sulfonamides is 1. The molecule has 0 spiro atoms. The van der Waals surface area contributed by atoms with E-state index in [1.54, 1.807) is 6.08 Å². The lowest BCUT2D eigenvalue weighted by atomic mass is 10.2. The molecule has 0 heterocycles. The Morgan fingerprint density at radius 1 is 1.50 bits per heavy atom. The van der Waals surface area contributed by atoms with Gasteiger partial charge in [-0.2, -0.15) is 0 Å². The Morgan fingerprint density at radius 2 is 2.15 bits per heavy atom. The Labute approximate surface area is 117 Å². The van der Waals surface area contributed by atoms with Crippen LogP contribution in [-0.2, 0) is 10.0 Å². The third-order valence-corrected chi connectivity index (χ3v) is 4.61. The highest BCUT2D eigenvalue weighted by atomic mass is 32.2. The Hall–Kier alpha value is -1.73. The van der Waals surface area contributed by atoms with Crippen LogP contribution in [0.15, 0.2) is 35.7 Å². The van der Waals surface area contributed by atoms with Crippen molar-refractivity contribution in [2.45, 2.75) is 17.7 Å². The summed E-state index contributed by atoms with van der Waals surface area (Å²) in [5.74, 6) is -2.47. The predicted octanol–water partition coefficient (Wildman–Crippen LogP) is 2.11. The predicted molar refractivity (Wildman–Crippen MR) is 72.6 cm³/mol. The minimum Gasteiger partial charge on any atom is -0.478 e. The van der Waals surface area contributed by atoms with Gasteiger partial charge in [0.1, 0.15) is 5.82 Å². The number of nitrogens with zero attached hydrogens (tertiary/aromatic N) is 1. The van der Waals surface area contributed by atoms with E-state index in [1.807, 2.05) is 0 Å². The van der Waals surface area contributed by atoms with Crippen molar-refractivity contribution in [3.63, 3.8) is 0 Å². The topological polar surface area (TPSA) is 74.7 Å². The molecule has 0 saturated carbocycles. The molecule has 0 aliphatic carbocycles. The third kappa shape index (κ3) is 3.64. The van der Waals surface area contributed by atoms with E-state index < -0.39 is 27.4 Å². The number of aromatic carboxylic acids is 1. The van der Waals surface area contributed by atoms with Crippen LogP contribution in [0, 0.1) is 5.82 Å². The Balaban J connectivity index is 3.06. The lowest BCUT2D eigenvalue weighted by Crippen LogP contribution is -2.28. The van der Waals surface area contributed by atoms with Crippen LogP contribution in [0.3, 0.4) is 0 Å². The van der Waals surface area contributed by atoms with Gasteiger partial charge in [-0.15, -0.1) is 6.58 Å². The molecule has 1 rings (SSSR count). The van der Waals surface area contributed by atoms with Crippen LogP contribution < -0.4 is 0 Å². The number of carbonyl (C=O) groups is 1. The second-order valence-electron chi connectivity index (χ2n) is 4.20. The lowest BCUT2D eigenvalue weighted by Gasteiger charge is -2.17. The molecule has 1 N–H and O–H groups in total. The summed E-state index contributed by atoms with van der Waals surface area (Å²) in [5.41, 5.74) is -0.662. The standard InChI is InChI=1S/C13H16FNO4S/c1-3-4-5-8-15(2)20(18,19)10-6-7-12(14)11(9-10)13(16)17/h3,6-7,9H,1,4-5,8H2,2H3,(H,16,17). The molecule has 0 aliphatic rings. The van der Waals surface area contributed by atoms with Gasteiger partial charge in [-0.05, 0) is 31.0 Å². The molecule has 7 heteroatoms. The second kappa shape index (κ2) is 6.62. The molecule has 0 bridgehead atoms. The molecule has 0 aliphatic heterocycles. The van der Waals surface area contributed by atoms with Crippen molar-refractivity contribution in [1.29, 1.82) is 0 Å². The van der Waals surface area contributed by atoms with E-state index in [2.05, 4.69) is 6.58 Å². The molecule has 5 nitrogen and oxygen atoms in total. The molecule has 1 aromatic rings. The molecule has 20 heavy (non-hydrogen) atoms.